The minimum atomic E-state index is -1.60. The molecule has 0 radical (unpaired) electrons. The molecule has 9 heteroatoms. The van der Waals surface area contributed by atoms with Gasteiger partial charge in [0.1, 0.15) is 17.2 Å². The maximum Gasteiger partial charge on any atom is 0.259 e. The molecule has 0 aliphatic carbocycles. The van der Waals surface area contributed by atoms with Gasteiger partial charge in [0.15, 0.2) is 17.5 Å². The fourth-order valence-electron chi connectivity index (χ4n) is 4.66. The zero-order valence-corrected chi connectivity index (χ0v) is 18.5. The third kappa shape index (κ3) is 4.43. The highest BCUT2D eigenvalue weighted by Gasteiger charge is 2.43. The summed E-state index contributed by atoms with van der Waals surface area (Å²) in [5.74, 6) is -7.08. The first-order valence-corrected chi connectivity index (χ1v) is 11.0. The Morgan fingerprint density at radius 2 is 1.44 bits per heavy atom. The molecule has 2 amide bonds. The van der Waals surface area contributed by atoms with E-state index in [4.69, 9.17) is 0 Å². The summed E-state index contributed by atoms with van der Waals surface area (Å²) in [5, 5.41) is 0. The molecule has 2 aromatic rings. The Morgan fingerprint density at radius 3 is 2.12 bits per heavy atom. The summed E-state index contributed by atoms with van der Waals surface area (Å²) in [7, 11) is 0. The zero-order valence-electron chi connectivity index (χ0n) is 18.5. The van der Waals surface area contributed by atoms with E-state index in [0.29, 0.717) is 45.4 Å². The Kier molecular flexibility index (Phi) is 6.47. The lowest BCUT2D eigenvalue weighted by Crippen LogP contribution is -2.45. The van der Waals surface area contributed by atoms with Crippen molar-refractivity contribution < 1.29 is 31.5 Å². The highest BCUT2D eigenvalue weighted by atomic mass is 19.2. The Balaban J connectivity index is 1.38. The van der Waals surface area contributed by atoms with Crippen LogP contribution in [0.3, 0.4) is 0 Å². The number of amides is 2. The fourth-order valence-corrected chi connectivity index (χ4v) is 4.66. The topological polar surface area (TPSA) is 40.6 Å². The predicted molar refractivity (Wildman–Crippen MR) is 115 cm³/mol. The molecule has 0 N–H and O–H groups in total. The van der Waals surface area contributed by atoms with Crippen molar-refractivity contribution in [1.29, 1.82) is 0 Å². The molecule has 2 aliphatic heterocycles. The number of nitrogens with zero attached hydrogens (tertiary/aromatic N) is 2. The molecule has 0 unspecified atom stereocenters. The second kappa shape index (κ2) is 9.19. The number of hydrogen-bond acceptors (Lipinski definition) is 2. The lowest BCUT2D eigenvalue weighted by Gasteiger charge is -2.39. The molecule has 4 rings (SSSR count). The first-order valence-electron chi connectivity index (χ1n) is 11.0. The molecule has 0 aromatic heterocycles. The monoisotopic (exact) mass is 478 g/mol. The number of aryl methyl sites for hydroxylation is 1. The van der Waals surface area contributed by atoms with Gasteiger partial charge in [0.2, 0.25) is 5.91 Å². The van der Waals surface area contributed by atoms with Crippen molar-refractivity contribution in [2.75, 3.05) is 26.2 Å². The van der Waals surface area contributed by atoms with Crippen molar-refractivity contribution >= 4 is 17.9 Å². The Morgan fingerprint density at radius 1 is 0.824 bits per heavy atom. The van der Waals surface area contributed by atoms with Gasteiger partial charge in [-0.2, -0.15) is 0 Å². The first-order chi connectivity index (χ1) is 16.1. The molecule has 2 heterocycles. The average Bonchev–Trinajstić information content (AvgIpc) is 3.23. The summed E-state index contributed by atoms with van der Waals surface area (Å²) < 4.78 is 68.7. The number of rotatable bonds is 3. The summed E-state index contributed by atoms with van der Waals surface area (Å²) in [6, 6.07) is 4.20. The molecule has 4 nitrogen and oxygen atoms in total. The number of carbonyl (C=O) groups is 2. The van der Waals surface area contributed by atoms with Crippen molar-refractivity contribution in [3.63, 3.8) is 0 Å². The molecule has 0 bridgehead atoms. The van der Waals surface area contributed by atoms with Crippen LogP contribution in [-0.2, 0) is 4.79 Å². The molecule has 2 saturated heterocycles. The van der Waals surface area contributed by atoms with Crippen molar-refractivity contribution in [2.45, 2.75) is 26.2 Å². The lowest BCUT2D eigenvalue weighted by molar-refractivity contribution is -0.125. The van der Waals surface area contributed by atoms with E-state index in [-0.39, 0.29) is 22.4 Å². The minimum Gasteiger partial charge on any atom is -0.339 e. The van der Waals surface area contributed by atoms with Crippen molar-refractivity contribution in [1.82, 2.24) is 9.80 Å². The molecular weight excluding hydrogens is 455 g/mol. The van der Waals surface area contributed by atoms with E-state index >= 15 is 0 Å². The summed E-state index contributed by atoms with van der Waals surface area (Å²) >= 11 is 0. The Bertz CT molecular complexity index is 1170. The van der Waals surface area contributed by atoms with Crippen LogP contribution in [-0.4, -0.2) is 47.8 Å². The number of halogens is 5. The van der Waals surface area contributed by atoms with Crippen LogP contribution in [0.4, 0.5) is 22.0 Å². The van der Waals surface area contributed by atoms with Crippen LogP contribution in [0.15, 0.2) is 30.3 Å². The van der Waals surface area contributed by atoms with Gasteiger partial charge in [-0.25, -0.2) is 22.0 Å². The van der Waals surface area contributed by atoms with Gasteiger partial charge in [-0.15, -0.1) is 0 Å². The third-order valence-corrected chi connectivity index (χ3v) is 6.83. The number of carbonyl (C=O) groups excluding carboxylic acids is 2. The van der Waals surface area contributed by atoms with E-state index in [1.165, 1.54) is 17.9 Å². The van der Waals surface area contributed by atoms with E-state index in [0.717, 1.165) is 30.4 Å². The lowest BCUT2D eigenvalue weighted by atomic mass is 9.77. The molecular formula is C25H23F5N2O2. The maximum absolute atomic E-state index is 14.4. The minimum absolute atomic E-state index is 0.194. The summed E-state index contributed by atoms with van der Waals surface area (Å²) in [4.78, 5) is 28.3. The van der Waals surface area contributed by atoms with E-state index < -0.39 is 40.6 Å². The normalized spacial score (nSPS) is 17.7. The average molecular weight is 478 g/mol. The van der Waals surface area contributed by atoms with Crippen LogP contribution in [0.1, 0.15) is 40.7 Å². The highest BCUT2D eigenvalue weighted by Crippen LogP contribution is 2.41. The molecule has 180 valence electrons. The molecule has 2 aromatic carbocycles. The van der Waals surface area contributed by atoms with Crippen LogP contribution in [0.5, 0.6) is 0 Å². The van der Waals surface area contributed by atoms with Gasteiger partial charge in [0.25, 0.3) is 5.91 Å². The second-order valence-corrected chi connectivity index (χ2v) is 8.95. The van der Waals surface area contributed by atoms with Crippen molar-refractivity contribution in [2.24, 2.45) is 5.41 Å². The van der Waals surface area contributed by atoms with Crippen LogP contribution in [0, 0.1) is 41.4 Å². The number of benzene rings is 2. The van der Waals surface area contributed by atoms with Gasteiger partial charge in [0.05, 0.1) is 0 Å². The van der Waals surface area contributed by atoms with Crippen LogP contribution >= 0.6 is 0 Å². The molecule has 0 saturated carbocycles. The Hall–Kier alpha value is -3.23. The van der Waals surface area contributed by atoms with Gasteiger partial charge >= 0.3 is 0 Å². The van der Waals surface area contributed by atoms with Gasteiger partial charge in [-0.05, 0) is 61.4 Å². The van der Waals surface area contributed by atoms with Gasteiger partial charge < -0.3 is 9.80 Å². The summed E-state index contributed by atoms with van der Waals surface area (Å²) in [6.45, 7) is 2.97. The van der Waals surface area contributed by atoms with E-state index in [2.05, 4.69) is 0 Å². The predicted octanol–water partition coefficient (Wildman–Crippen LogP) is 4.86. The number of piperidine rings is 1. The summed E-state index contributed by atoms with van der Waals surface area (Å²) in [6.07, 6.45) is 4.06. The first kappa shape index (κ1) is 23.9. The van der Waals surface area contributed by atoms with Gasteiger partial charge in [-0.3, -0.25) is 9.59 Å². The van der Waals surface area contributed by atoms with Crippen LogP contribution in [0.25, 0.3) is 6.08 Å². The second-order valence-electron chi connectivity index (χ2n) is 8.95. The van der Waals surface area contributed by atoms with Crippen molar-refractivity contribution in [3.05, 3.63) is 76.1 Å². The van der Waals surface area contributed by atoms with E-state index in [9.17, 15) is 31.5 Å². The standard InChI is InChI=1S/C25H23F5N2O2/c1-15-2-5-17(26)20(21(15)28)24(34)31-11-8-25(9-12-31)10-13-32(14-25)19(33)7-4-16-3-6-18(27)23(30)22(16)29/h2-7H,8-14H2,1H3/b7-4+. The smallest absolute Gasteiger partial charge is 0.259 e. The quantitative estimate of drug-likeness (QED) is 0.359. The molecule has 2 aliphatic rings. The van der Waals surface area contributed by atoms with E-state index in [1.807, 2.05) is 0 Å². The van der Waals surface area contributed by atoms with Gasteiger partial charge in [-0.1, -0.05) is 6.07 Å². The van der Waals surface area contributed by atoms with Crippen LogP contribution < -0.4 is 0 Å². The molecule has 1 spiro atoms. The Labute approximate surface area is 193 Å². The molecule has 0 atom stereocenters. The highest BCUT2D eigenvalue weighted by molar-refractivity contribution is 5.95. The maximum atomic E-state index is 14.4. The third-order valence-electron chi connectivity index (χ3n) is 6.83. The SMILES string of the molecule is Cc1ccc(F)c(C(=O)N2CCC3(CCN(C(=O)/C=C/c4ccc(F)c(F)c4F)C3)CC2)c1F. The fraction of sp³-hybridized carbons (Fsp3) is 0.360. The van der Waals surface area contributed by atoms with Gasteiger partial charge in [0, 0.05) is 37.8 Å². The molecule has 34 heavy (non-hydrogen) atoms. The van der Waals surface area contributed by atoms with Crippen LogP contribution in [0.2, 0.25) is 0 Å². The summed E-state index contributed by atoms with van der Waals surface area (Å²) in [5.41, 5.74) is -0.811. The zero-order chi connectivity index (χ0) is 24.6. The molecule has 2 fully saturated rings. The number of hydrogen-bond donors (Lipinski definition) is 0. The van der Waals surface area contributed by atoms with E-state index in [1.54, 1.807) is 4.90 Å². The number of likely N-dealkylation sites (tertiary alicyclic amines) is 2. The largest absolute Gasteiger partial charge is 0.339 e. The van der Waals surface area contributed by atoms with Crippen molar-refractivity contribution in [3.8, 4) is 0 Å².